The molecule has 0 saturated carbocycles. The van der Waals surface area contributed by atoms with Crippen LogP contribution in [0, 0.1) is 0 Å². The second kappa shape index (κ2) is 23.6. The monoisotopic (exact) mass is 165 g/mol. The van der Waals surface area contributed by atoms with Gasteiger partial charge in [0.05, 0.1) is 0 Å². The Morgan fingerprint density at radius 2 is 1.70 bits per heavy atom. The summed E-state index contributed by atoms with van der Waals surface area (Å²) in [6.45, 7) is 14.0. The Bertz CT molecular complexity index is 73.4. The van der Waals surface area contributed by atoms with Gasteiger partial charge in [-0.2, -0.15) is 0 Å². The fourth-order valence-electron chi connectivity index (χ4n) is 0.110. The third-order valence-electron chi connectivity index (χ3n) is 0.240. The molecule has 0 radical (unpaired) electrons. The van der Waals surface area contributed by atoms with Crippen LogP contribution in [0.4, 0.5) is 0 Å². The van der Waals surface area contributed by atoms with Crippen LogP contribution in [0.2, 0.25) is 0 Å². The summed E-state index contributed by atoms with van der Waals surface area (Å²) < 4.78 is 13.6. The lowest BCUT2D eigenvalue weighted by atomic mass is 10.9. The van der Waals surface area contributed by atoms with Gasteiger partial charge in [-0.05, 0) is 6.92 Å². The summed E-state index contributed by atoms with van der Waals surface area (Å²) in [7, 11) is -2.35. The van der Waals surface area contributed by atoms with Gasteiger partial charge in [0.25, 0.3) is 0 Å². The van der Waals surface area contributed by atoms with Crippen molar-refractivity contribution in [3.8, 4) is 0 Å². The summed E-state index contributed by atoms with van der Waals surface area (Å²) in [6, 6.07) is 0. The highest BCUT2D eigenvalue weighted by atomic mass is 31.1. The minimum Gasteiger partial charge on any atom is -0.133 e. The Balaban J connectivity index is -0.000000105. The molecule has 0 amide bonds. The van der Waals surface area contributed by atoms with Crippen molar-refractivity contribution >= 4 is 8.25 Å². The van der Waals surface area contributed by atoms with Crippen molar-refractivity contribution in [1.29, 1.82) is 0 Å². The molecular weight excluding hydrogens is 151 g/mol. The molecule has 1 atom stereocenters. The van der Waals surface area contributed by atoms with E-state index < -0.39 is 8.25 Å². The van der Waals surface area contributed by atoms with E-state index in [1.807, 2.05) is 0 Å². The molecular formula is C6H14O3P+. The molecule has 0 saturated heterocycles. The highest BCUT2D eigenvalue weighted by molar-refractivity contribution is 7.32. The molecule has 3 nitrogen and oxygen atoms in total. The third-order valence-corrected chi connectivity index (χ3v) is 0.719. The Hall–Kier alpha value is -0.500. The predicted octanol–water partition coefficient (Wildman–Crippen LogP) is 2.28. The van der Waals surface area contributed by atoms with E-state index in [4.69, 9.17) is 4.89 Å². The van der Waals surface area contributed by atoms with E-state index in [0.29, 0.717) is 6.61 Å². The summed E-state index contributed by atoms with van der Waals surface area (Å²) >= 11 is 0. The van der Waals surface area contributed by atoms with Crippen molar-refractivity contribution in [3.63, 3.8) is 0 Å². The maximum absolute atomic E-state index is 9.53. The molecule has 0 aliphatic carbocycles. The summed E-state index contributed by atoms with van der Waals surface area (Å²) in [5.74, 6) is 0. The van der Waals surface area contributed by atoms with E-state index in [1.54, 1.807) is 6.92 Å². The minimum atomic E-state index is -2.35. The third kappa shape index (κ3) is 50.7. The van der Waals surface area contributed by atoms with Crippen LogP contribution >= 0.6 is 8.25 Å². The van der Waals surface area contributed by atoms with Crippen LogP contribution in [0.15, 0.2) is 26.3 Å². The summed E-state index contributed by atoms with van der Waals surface area (Å²) in [6.07, 6.45) is 0. The first-order chi connectivity index (χ1) is 4.77. The van der Waals surface area contributed by atoms with Crippen LogP contribution in [0.1, 0.15) is 6.92 Å². The number of rotatable bonds is 2. The Kier molecular flexibility index (Phi) is 38.4. The fraction of sp³-hybridized carbons (Fsp3) is 0.333. The van der Waals surface area contributed by atoms with Gasteiger partial charge in [0.15, 0.2) is 0 Å². The van der Waals surface area contributed by atoms with Gasteiger partial charge in [-0.3, -0.25) is 0 Å². The van der Waals surface area contributed by atoms with Gasteiger partial charge in [0.1, 0.15) is 6.61 Å². The van der Waals surface area contributed by atoms with Gasteiger partial charge in [-0.1, -0.05) is 0 Å². The molecule has 4 heteroatoms. The van der Waals surface area contributed by atoms with Crippen LogP contribution in [-0.4, -0.2) is 11.5 Å². The molecule has 0 aromatic rings. The molecule has 0 fully saturated rings. The molecule has 0 aliphatic heterocycles. The highest BCUT2D eigenvalue weighted by Crippen LogP contribution is 2.12. The Morgan fingerprint density at radius 1 is 1.40 bits per heavy atom. The van der Waals surface area contributed by atoms with E-state index in [2.05, 4.69) is 30.8 Å². The van der Waals surface area contributed by atoms with Crippen LogP contribution in [0.25, 0.3) is 0 Å². The second-order valence-electron chi connectivity index (χ2n) is 0.656. The van der Waals surface area contributed by atoms with E-state index in [0.717, 1.165) is 0 Å². The normalized spacial score (nSPS) is 7.60. The van der Waals surface area contributed by atoms with Gasteiger partial charge in [0.2, 0.25) is 0 Å². The topological polar surface area (TPSA) is 46.5 Å². The van der Waals surface area contributed by atoms with Crippen LogP contribution in [-0.2, 0) is 9.09 Å². The summed E-state index contributed by atoms with van der Waals surface area (Å²) in [4.78, 5) is 7.84. The number of hydrogen-bond acceptors (Lipinski definition) is 2. The molecule has 0 spiro atoms. The molecule has 0 aliphatic rings. The first-order valence-corrected chi connectivity index (χ1v) is 3.69. The quantitative estimate of drug-likeness (QED) is 0.504. The first kappa shape index (κ1) is 16.2. The molecule has 60 valence electrons. The lowest BCUT2D eigenvalue weighted by Crippen LogP contribution is -1.72. The highest BCUT2D eigenvalue weighted by Gasteiger charge is 2.06. The molecule has 0 aromatic heterocycles. The molecule has 1 N–H and O–H groups in total. The first-order valence-electron chi connectivity index (χ1n) is 2.56. The standard InChI is InChI=1S/C2H5O3P.2C2H4/c1-2-5-6(3)4;2*1-2/h2H2,1H3;2*1-2H2/p+1. The maximum atomic E-state index is 9.53. The average molecular weight is 165 g/mol. The average Bonchev–Trinajstić information content (AvgIpc) is 1.96. The van der Waals surface area contributed by atoms with E-state index in [-0.39, 0.29) is 0 Å². The molecule has 0 rings (SSSR count). The molecule has 0 aromatic carbocycles. The SMILES string of the molecule is C=C.C=C.CCO[P+](=O)O. The van der Waals surface area contributed by atoms with Crippen molar-refractivity contribution < 1.29 is 14.0 Å². The molecule has 1 unspecified atom stereocenters. The van der Waals surface area contributed by atoms with Gasteiger partial charge >= 0.3 is 8.25 Å². The van der Waals surface area contributed by atoms with Gasteiger partial charge in [-0.25, -0.2) is 0 Å². The van der Waals surface area contributed by atoms with Crippen molar-refractivity contribution in [1.82, 2.24) is 0 Å². The van der Waals surface area contributed by atoms with Crippen LogP contribution in [0.3, 0.4) is 0 Å². The van der Waals surface area contributed by atoms with Crippen molar-refractivity contribution in [2.75, 3.05) is 6.61 Å². The Morgan fingerprint density at radius 3 is 1.70 bits per heavy atom. The van der Waals surface area contributed by atoms with Crippen molar-refractivity contribution in [2.45, 2.75) is 6.92 Å². The fourth-order valence-corrected chi connectivity index (χ4v) is 0.331. The van der Waals surface area contributed by atoms with Crippen LogP contribution in [0.5, 0.6) is 0 Å². The second-order valence-corrected chi connectivity index (χ2v) is 1.39. The van der Waals surface area contributed by atoms with E-state index in [9.17, 15) is 4.57 Å². The molecule has 0 heterocycles. The molecule has 0 bridgehead atoms. The van der Waals surface area contributed by atoms with Gasteiger partial charge in [-0.15, -0.1) is 35.7 Å². The summed E-state index contributed by atoms with van der Waals surface area (Å²) in [5.41, 5.74) is 0. The Labute approximate surface area is 63.0 Å². The van der Waals surface area contributed by atoms with Crippen molar-refractivity contribution in [3.05, 3.63) is 26.3 Å². The molecule has 10 heavy (non-hydrogen) atoms. The lowest BCUT2D eigenvalue weighted by molar-refractivity contribution is 0.297. The zero-order valence-corrected chi connectivity index (χ0v) is 7.14. The van der Waals surface area contributed by atoms with Gasteiger partial charge in [0, 0.05) is 4.57 Å². The van der Waals surface area contributed by atoms with Crippen LogP contribution < -0.4 is 0 Å². The largest absolute Gasteiger partial charge is 0.694 e. The predicted molar refractivity (Wildman–Crippen MR) is 44.0 cm³/mol. The minimum absolute atomic E-state index is 0.297. The van der Waals surface area contributed by atoms with Gasteiger partial charge < -0.3 is 0 Å². The number of hydrogen-bond donors (Lipinski definition) is 1. The van der Waals surface area contributed by atoms with Crippen molar-refractivity contribution in [2.24, 2.45) is 0 Å². The van der Waals surface area contributed by atoms with E-state index >= 15 is 0 Å². The summed E-state index contributed by atoms with van der Waals surface area (Å²) in [5, 5.41) is 0. The van der Waals surface area contributed by atoms with E-state index in [1.165, 1.54) is 0 Å². The smallest absolute Gasteiger partial charge is 0.133 e. The lowest BCUT2D eigenvalue weighted by Gasteiger charge is -1.68. The zero-order chi connectivity index (χ0) is 8.99. The zero-order valence-electron chi connectivity index (χ0n) is 6.25. The maximum Gasteiger partial charge on any atom is 0.694 e.